The number of benzene rings is 1. The Labute approximate surface area is 148 Å². The van der Waals surface area contributed by atoms with Crippen LogP contribution in [0.3, 0.4) is 0 Å². The molecule has 0 radical (unpaired) electrons. The maximum Gasteiger partial charge on any atom is 0.242 e. The van der Waals surface area contributed by atoms with Gasteiger partial charge in [0, 0.05) is 56.3 Å². The maximum absolute atomic E-state index is 13.8. The second kappa shape index (κ2) is 7.83. The van der Waals surface area contributed by atoms with Crippen molar-refractivity contribution in [2.75, 3.05) is 38.3 Å². The molecule has 1 aliphatic rings. The van der Waals surface area contributed by atoms with Crippen LogP contribution in [0.2, 0.25) is 0 Å². The van der Waals surface area contributed by atoms with Crippen LogP contribution in [0.5, 0.6) is 0 Å². The number of hydrogen-bond acceptors (Lipinski definition) is 6. The summed E-state index contributed by atoms with van der Waals surface area (Å²) in [6.07, 6.45) is 0.630. The molecule has 1 amide bonds. The number of nitrogens with zero attached hydrogens (tertiary/aromatic N) is 4. The predicted molar refractivity (Wildman–Crippen MR) is 89.5 cm³/mol. The molecule has 0 aliphatic carbocycles. The summed E-state index contributed by atoms with van der Waals surface area (Å²) in [6.45, 7) is 1.89. The Morgan fingerprint density at radius 3 is 2.88 bits per heavy atom. The third-order valence-electron chi connectivity index (χ3n) is 3.95. The molecule has 9 heteroatoms. The van der Waals surface area contributed by atoms with Crippen molar-refractivity contribution >= 4 is 22.6 Å². The second-order valence-electron chi connectivity index (χ2n) is 5.71. The molecule has 0 N–H and O–H groups in total. The summed E-state index contributed by atoms with van der Waals surface area (Å²) in [4.78, 5) is 20.2. The van der Waals surface area contributed by atoms with E-state index in [1.807, 2.05) is 4.90 Å². The van der Waals surface area contributed by atoms with Crippen molar-refractivity contribution in [1.82, 2.24) is 14.3 Å². The van der Waals surface area contributed by atoms with E-state index in [9.17, 15) is 13.6 Å². The van der Waals surface area contributed by atoms with Gasteiger partial charge in [-0.25, -0.2) is 13.8 Å². The van der Waals surface area contributed by atoms with E-state index in [1.54, 1.807) is 12.0 Å². The predicted octanol–water partition coefficient (Wildman–Crippen LogP) is 1.85. The van der Waals surface area contributed by atoms with Crippen LogP contribution in [0.4, 0.5) is 13.9 Å². The van der Waals surface area contributed by atoms with Crippen LogP contribution < -0.4 is 4.90 Å². The number of carbonyl (C=O) groups is 1. The van der Waals surface area contributed by atoms with Crippen molar-refractivity contribution < 1.29 is 18.3 Å². The molecule has 1 saturated heterocycles. The van der Waals surface area contributed by atoms with Gasteiger partial charge in [0.1, 0.15) is 17.5 Å². The molecule has 0 unspecified atom stereocenters. The Morgan fingerprint density at radius 2 is 2.16 bits per heavy atom. The number of amides is 1. The molecule has 1 fully saturated rings. The number of aromatic nitrogens is 2. The van der Waals surface area contributed by atoms with E-state index in [2.05, 4.69) is 9.36 Å². The van der Waals surface area contributed by atoms with E-state index < -0.39 is 11.6 Å². The lowest BCUT2D eigenvalue weighted by atomic mass is 10.1. The average molecular weight is 368 g/mol. The number of piperazine rings is 1. The van der Waals surface area contributed by atoms with E-state index in [0.717, 1.165) is 6.07 Å². The Hall–Kier alpha value is -2.13. The number of halogens is 2. The fraction of sp³-hybridized carbons (Fsp3) is 0.438. The van der Waals surface area contributed by atoms with Gasteiger partial charge in [0.15, 0.2) is 0 Å². The molecule has 1 aromatic heterocycles. The van der Waals surface area contributed by atoms with E-state index in [1.165, 1.54) is 23.7 Å². The van der Waals surface area contributed by atoms with Gasteiger partial charge in [-0.1, -0.05) is 6.07 Å². The lowest BCUT2D eigenvalue weighted by molar-refractivity contribution is -0.131. The molecule has 1 aliphatic heterocycles. The quantitative estimate of drug-likeness (QED) is 0.779. The van der Waals surface area contributed by atoms with E-state index in [-0.39, 0.29) is 19.0 Å². The Kier molecular flexibility index (Phi) is 5.54. The minimum absolute atomic E-state index is 0.122. The summed E-state index contributed by atoms with van der Waals surface area (Å²) in [7, 11) is 1.62. The minimum atomic E-state index is -0.637. The molecule has 2 aromatic rings. The fourth-order valence-corrected chi connectivity index (χ4v) is 3.30. The molecule has 6 nitrogen and oxygen atoms in total. The Balaban J connectivity index is 1.60. The topological polar surface area (TPSA) is 58.6 Å². The highest BCUT2D eigenvalue weighted by molar-refractivity contribution is 7.09. The van der Waals surface area contributed by atoms with Gasteiger partial charge in [0.2, 0.25) is 11.0 Å². The van der Waals surface area contributed by atoms with Crippen LogP contribution in [-0.2, 0) is 22.5 Å². The first kappa shape index (κ1) is 17.7. The van der Waals surface area contributed by atoms with Gasteiger partial charge in [-0.15, -0.1) is 0 Å². The first-order valence-electron chi connectivity index (χ1n) is 7.85. The molecule has 0 saturated carbocycles. The molecule has 134 valence electrons. The number of rotatable bonds is 6. The maximum atomic E-state index is 13.8. The van der Waals surface area contributed by atoms with E-state index in [0.29, 0.717) is 42.6 Å². The van der Waals surface area contributed by atoms with Crippen molar-refractivity contribution in [1.29, 1.82) is 0 Å². The third kappa shape index (κ3) is 4.29. The number of ether oxygens (including phenoxy) is 1. The van der Waals surface area contributed by atoms with Crippen LogP contribution in [0.1, 0.15) is 11.4 Å². The normalized spacial score (nSPS) is 15.1. The van der Waals surface area contributed by atoms with Gasteiger partial charge in [0.05, 0.1) is 13.2 Å². The van der Waals surface area contributed by atoms with Crippen molar-refractivity contribution in [3.8, 4) is 0 Å². The Morgan fingerprint density at radius 1 is 1.32 bits per heavy atom. The number of methoxy groups -OCH3 is 1. The van der Waals surface area contributed by atoms with Crippen LogP contribution in [0, 0.1) is 11.6 Å². The SMILES string of the molecule is COCCc1nsc(N2CCN(Cc3ccc(F)cc3F)C(=O)C2)n1. The molecule has 2 heterocycles. The van der Waals surface area contributed by atoms with Crippen molar-refractivity contribution in [3.05, 3.63) is 41.2 Å². The molecule has 0 atom stereocenters. The van der Waals surface area contributed by atoms with Crippen LogP contribution >= 0.6 is 11.5 Å². The van der Waals surface area contributed by atoms with Crippen molar-refractivity contribution in [3.63, 3.8) is 0 Å². The molecular weight excluding hydrogens is 350 g/mol. The largest absolute Gasteiger partial charge is 0.384 e. The average Bonchev–Trinajstić information content (AvgIpc) is 3.06. The highest BCUT2D eigenvalue weighted by Gasteiger charge is 2.26. The summed E-state index contributed by atoms with van der Waals surface area (Å²) >= 11 is 1.25. The van der Waals surface area contributed by atoms with Crippen LogP contribution in [-0.4, -0.2) is 53.5 Å². The standard InChI is InChI=1S/C16H18F2N4O2S/c1-24-7-4-14-19-16(25-20-14)22-6-5-21(15(23)10-22)9-11-2-3-12(17)8-13(11)18/h2-3,8H,4-7,9-10H2,1H3. The highest BCUT2D eigenvalue weighted by Crippen LogP contribution is 2.21. The van der Waals surface area contributed by atoms with Crippen LogP contribution in [0.15, 0.2) is 18.2 Å². The zero-order chi connectivity index (χ0) is 17.8. The molecule has 0 bridgehead atoms. The summed E-state index contributed by atoms with van der Waals surface area (Å²) in [6, 6.07) is 3.40. The third-order valence-corrected chi connectivity index (χ3v) is 4.77. The zero-order valence-corrected chi connectivity index (χ0v) is 14.6. The molecule has 25 heavy (non-hydrogen) atoms. The van der Waals surface area contributed by atoms with Gasteiger partial charge >= 0.3 is 0 Å². The van der Waals surface area contributed by atoms with Crippen molar-refractivity contribution in [2.45, 2.75) is 13.0 Å². The lowest BCUT2D eigenvalue weighted by Crippen LogP contribution is -2.50. The highest BCUT2D eigenvalue weighted by atomic mass is 32.1. The van der Waals surface area contributed by atoms with E-state index in [4.69, 9.17) is 4.74 Å². The number of carbonyl (C=O) groups excluding carboxylic acids is 1. The summed E-state index contributed by atoms with van der Waals surface area (Å²) in [5.74, 6) is -0.686. The van der Waals surface area contributed by atoms with Gasteiger partial charge in [-0.05, 0) is 6.07 Å². The van der Waals surface area contributed by atoms with Gasteiger partial charge in [0.25, 0.3) is 0 Å². The monoisotopic (exact) mass is 368 g/mol. The number of anilines is 1. The fourth-order valence-electron chi connectivity index (χ4n) is 2.56. The molecule has 3 rings (SSSR count). The summed E-state index contributed by atoms with van der Waals surface area (Å²) < 4.78 is 36.0. The first-order chi connectivity index (χ1) is 12.1. The second-order valence-corrected chi connectivity index (χ2v) is 6.44. The lowest BCUT2D eigenvalue weighted by Gasteiger charge is -2.34. The van der Waals surface area contributed by atoms with E-state index >= 15 is 0 Å². The van der Waals surface area contributed by atoms with Crippen molar-refractivity contribution in [2.24, 2.45) is 0 Å². The zero-order valence-electron chi connectivity index (χ0n) is 13.7. The number of hydrogen-bond donors (Lipinski definition) is 0. The van der Waals surface area contributed by atoms with Gasteiger partial charge < -0.3 is 14.5 Å². The first-order valence-corrected chi connectivity index (χ1v) is 8.62. The summed E-state index contributed by atoms with van der Waals surface area (Å²) in [5, 5.41) is 0.701. The van der Waals surface area contributed by atoms with Gasteiger partial charge in [-0.2, -0.15) is 4.37 Å². The molecule has 1 aromatic carbocycles. The smallest absolute Gasteiger partial charge is 0.242 e. The molecular formula is C16H18F2N4O2S. The Bertz CT molecular complexity index is 755. The molecule has 0 spiro atoms. The van der Waals surface area contributed by atoms with Crippen LogP contribution in [0.25, 0.3) is 0 Å². The minimum Gasteiger partial charge on any atom is -0.384 e. The summed E-state index contributed by atoms with van der Waals surface area (Å²) in [5.41, 5.74) is 0.306. The van der Waals surface area contributed by atoms with Gasteiger partial charge in [-0.3, -0.25) is 4.79 Å².